The lowest BCUT2D eigenvalue weighted by molar-refractivity contribution is -0.139. The number of fused-ring (bicyclic) bond motifs is 1. The Balaban J connectivity index is 1.57. The molecule has 1 aliphatic rings. The predicted molar refractivity (Wildman–Crippen MR) is 159 cm³/mol. The van der Waals surface area contributed by atoms with E-state index in [9.17, 15) is 14.4 Å². The van der Waals surface area contributed by atoms with E-state index in [1.807, 2.05) is 36.6 Å². The van der Waals surface area contributed by atoms with Gasteiger partial charge in [0.05, 0.1) is 40.6 Å². The Kier molecular flexibility index (Phi) is 8.41. The van der Waals surface area contributed by atoms with Crippen molar-refractivity contribution in [3.8, 4) is 11.3 Å². The summed E-state index contributed by atoms with van der Waals surface area (Å²) in [4.78, 5) is 45.2. The minimum absolute atomic E-state index is 0.210. The fourth-order valence-corrected chi connectivity index (χ4v) is 6.06. The Labute approximate surface area is 244 Å². The molecule has 0 saturated carbocycles. The second-order valence-electron chi connectivity index (χ2n) is 9.08. The van der Waals surface area contributed by atoms with Gasteiger partial charge < -0.3 is 13.9 Å². The number of hydrogen-bond donors (Lipinski definition) is 0. The van der Waals surface area contributed by atoms with Crippen LogP contribution in [0.2, 0.25) is 0 Å². The second-order valence-corrected chi connectivity index (χ2v) is 11.0. The maximum absolute atomic E-state index is 13.8. The first-order chi connectivity index (χ1) is 19.8. The van der Waals surface area contributed by atoms with Crippen molar-refractivity contribution in [2.24, 2.45) is 4.99 Å². The summed E-state index contributed by atoms with van der Waals surface area (Å²) in [6.45, 7) is 5.76. The Bertz CT molecular complexity index is 1830. The van der Waals surface area contributed by atoms with Crippen LogP contribution in [-0.4, -0.2) is 36.0 Å². The molecule has 0 amide bonds. The lowest BCUT2D eigenvalue weighted by Crippen LogP contribution is -2.39. The number of ether oxygens (including phenoxy) is 2. The largest absolute Gasteiger partial charge is 0.463 e. The van der Waals surface area contributed by atoms with Crippen molar-refractivity contribution in [3.05, 3.63) is 109 Å². The van der Waals surface area contributed by atoms with E-state index in [0.29, 0.717) is 43.3 Å². The van der Waals surface area contributed by atoms with Gasteiger partial charge in [0.1, 0.15) is 11.5 Å². The lowest BCUT2D eigenvalue weighted by Gasteiger charge is -2.24. The molecule has 0 fully saturated rings. The molecule has 8 nitrogen and oxygen atoms in total. The summed E-state index contributed by atoms with van der Waals surface area (Å²) in [6.07, 6.45) is 3.66. The molecule has 0 bridgehead atoms. The Hall–Kier alpha value is -4.15. The van der Waals surface area contributed by atoms with Crippen molar-refractivity contribution in [1.82, 2.24) is 4.57 Å². The van der Waals surface area contributed by atoms with Gasteiger partial charge in [0.2, 0.25) is 0 Å². The summed E-state index contributed by atoms with van der Waals surface area (Å²) in [6, 6.07) is 17.6. The van der Waals surface area contributed by atoms with E-state index in [1.54, 1.807) is 73.5 Å². The molecule has 0 radical (unpaired) electrons. The first-order valence-electron chi connectivity index (χ1n) is 13.1. The summed E-state index contributed by atoms with van der Waals surface area (Å²) in [5.41, 5.74) is 2.48. The van der Waals surface area contributed by atoms with Crippen molar-refractivity contribution in [3.63, 3.8) is 0 Å². The summed E-state index contributed by atoms with van der Waals surface area (Å²) in [5, 5.41) is 0. The molecule has 0 N–H and O–H groups in total. The fraction of sp³-hybridized carbons (Fsp3) is 0.226. The zero-order chi connectivity index (χ0) is 29.1. The van der Waals surface area contributed by atoms with Crippen LogP contribution in [0.1, 0.15) is 48.5 Å². The van der Waals surface area contributed by atoms with Crippen LogP contribution in [-0.2, 0) is 14.3 Å². The van der Waals surface area contributed by atoms with Crippen molar-refractivity contribution in [1.29, 1.82) is 0 Å². The van der Waals surface area contributed by atoms with E-state index in [1.165, 1.54) is 11.3 Å². The number of thioether (sulfide) groups is 1. The number of hydrogen-bond acceptors (Lipinski definition) is 9. The third-order valence-electron chi connectivity index (χ3n) is 6.51. The van der Waals surface area contributed by atoms with Gasteiger partial charge in [0.15, 0.2) is 4.80 Å². The van der Waals surface area contributed by atoms with E-state index in [0.717, 1.165) is 10.5 Å². The van der Waals surface area contributed by atoms with Crippen LogP contribution >= 0.6 is 23.1 Å². The highest BCUT2D eigenvalue weighted by molar-refractivity contribution is 7.98. The number of esters is 2. The predicted octanol–water partition coefficient (Wildman–Crippen LogP) is 4.96. The molecule has 2 aromatic heterocycles. The van der Waals surface area contributed by atoms with Gasteiger partial charge >= 0.3 is 11.9 Å². The molecule has 0 saturated heterocycles. The molecular weight excluding hydrogens is 560 g/mol. The van der Waals surface area contributed by atoms with Crippen LogP contribution in [0.3, 0.4) is 0 Å². The van der Waals surface area contributed by atoms with Crippen molar-refractivity contribution >= 4 is 41.1 Å². The Morgan fingerprint density at radius 2 is 1.78 bits per heavy atom. The summed E-state index contributed by atoms with van der Waals surface area (Å²) in [7, 11) is 0. The van der Waals surface area contributed by atoms with E-state index in [4.69, 9.17) is 13.9 Å². The Morgan fingerprint density at radius 1 is 1.05 bits per heavy atom. The fourth-order valence-electron chi connectivity index (χ4n) is 4.62. The second kappa shape index (κ2) is 12.2. The smallest absolute Gasteiger partial charge is 0.338 e. The molecule has 0 aliphatic carbocycles. The topological polar surface area (TPSA) is 100 Å². The van der Waals surface area contributed by atoms with Crippen molar-refractivity contribution in [2.45, 2.75) is 31.7 Å². The molecule has 1 aliphatic heterocycles. The standard InChI is InChI=1S/C31H28N2O6S2/c1-5-37-29(35)21-9-7-8-20(16-21)24-15-12-22(39-24)17-25-28(34)33-27(19-10-13-23(40-4)14-11-19)26(30(36)38-6-2)18(3)32-31(33)41-25/h7-17,27H,5-6H2,1-4H3/b25-17-. The van der Waals surface area contributed by atoms with E-state index < -0.39 is 18.0 Å². The molecule has 4 aromatic rings. The van der Waals surface area contributed by atoms with Crippen LogP contribution in [0, 0.1) is 0 Å². The van der Waals surface area contributed by atoms with Crippen LogP contribution in [0.5, 0.6) is 0 Å². The third kappa shape index (κ3) is 5.71. The highest BCUT2D eigenvalue weighted by Crippen LogP contribution is 2.32. The normalized spacial score (nSPS) is 14.9. The lowest BCUT2D eigenvalue weighted by atomic mass is 9.96. The molecule has 1 unspecified atom stereocenters. The SMILES string of the molecule is CCOC(=O)C1=C(C)N=c2s/c(=C\c3ccc(-c4cccc(C(=O)OCC)c4)o3)c(=O)n2C1c1ccc(SC)cc1. The number of aromatic nitrogens is 1. The molecule has 0 spiro atoms. The third-order valence-corrected chi connectivity index (χ3v) is 8.23. The van der Waals surface area contributed by atoms with Crippen molar-refractivity contribution < 1.29 is 23.5 Å². The van der Waals surface area contributed by atoms with Crippen LogP contribution < -0.4 is 14.9 Å². The monoisotopic (exact) mass is 588 g/mol. The number of thiazole rings is 1. The van der Waals surface area contributed by atoms with E-state index >= 15 is 0 Å². The summed E-state index contributed by atoms with van der Waals surface area (Å²) in [5.74, 6) is 0.108. The number of allylic oxidation sites excluding steroid dienone is 1. The molecular formula is C31H28N2O6S2. The number of benzene rings is 2. The molecule has 5 rings (SSSR count). The van der Waals surface area contributed by atoms with Gasteiger partial charge in [-0.05, 0) is 69.0 Å². The number of nitrogens with zero attached hydrogens (tertiary/aromatic N) is 2. The molecule has 210 valence electrons. The van der Waals surface area contributed by atoms with Crippen LogP contribution in [0.4, 0.5) is 0 Å². The zero-order valence-electron chi connectivity index (χ0n) is 23.0. The van der Waals surface area contributed by atoms with Gasteiger partial charge in [-0.15, -0.1) is 11.8 Å². The highest BCUT2D eigenvalue weighted by Gasteiger charge is 2.33. The number of carbonyl (C=O) groups is 2. The first-order valence-corrected chi connectivity index (χ1v) is 15.1. The average Bonchev–Trinajstić information content (AvgIpc) is 3.57. The van der Waals surface area contributed by atoms with Gasteiger partial charge in [-0.3, -0.25) is 9.36 Å². The van der Waals surface area contributed by atoms with Crippen molar-refractivity contribution in [2.75, 3.05) is 19.5 Å². The maximum Gasteiger partial charge on any atom is 0.338 e. The van der Waals surface area contributed by atoms with Gasteiger partial charge in [0, 0.05) is 16.5 Å². The van der Waals surface area contributed by atoms with Crippen LogP contribution in [0.25, 0.3) is 17.4 Å². The average molecular weight is 589 g/mol. The van der Waals surface area contributed by atoms with Crippen LogP contribution in [0.15, 0.2) is 91.0 Å². The minimum Gasteiger partial charge on any atom is -0.463 e. The van der Waals surface area contributed by atoms with E-state index in [-0.39, 0.29) is 18.8 Å². The van der Waals surface area contributed by atoms with E-state index in [2.05, 4.69) is 4.99 Å². The van der Waals surface area contributed by atoms with Gasteiger partial charge in [0.25, 0.3) is 5.56 Å². The molecule has 3 heterocycles. The Morgan fingerprint density at radius 3 is 2.49 bits per heavy atom. The molecule has 1 atom stereocenters. The van der Waals surface area contributed by atoms with Gasteiger partial charge in [-0.1, -0.05) is 35.6 Å². The minimum atomic E-state index is -0.680. The zero-order valence-corrected chi connectivity index (χ0v) is 24.6. The molecule has 41 heavy (non-hydrogen) atoms. The maximum atomic E-state index is 13.8. The highest BCUT2D eigenvalue weighted by atomic mass is 32.2. The van der Waals surface area contributed by atoms with Gasteiger partial charge in [-0.25, -0.2) is 14.6 Å². The summed E-state index contributed by atoms with van der Waals surface area (Å²) >= 11 is 2.84. The quantitative estimate of drug-likeness (QED) is 0.212. The number of furan rings is 1. The number of carbonyl (C=O) groups excluding carboxylic acids is 2. The summed E-state index contributed by atoms with van der Waals surface area (Å²) < 4.78 is 18.5. The molecule has 2 aromatic carbocycles. The first kappa shape index (κ1) is 28.4. The van der Waals surface area contributed by atoms with Gasteiger partial charge in [-0.2, -0.15) is 0 Å². The number of rotatable bonds is 8. The molecule has 10 heteroatoms.